The molecular weight excluding hydrogens is 243 g/mol. The number of anilines is 1. The molecule has 4 heteroatoms. The van der Waals surface area contributed by atoms with Gasteiger partial charge >= 0.3 is 0 Å². The van der Waals surface area contributed by atoms with Crippen molar-refractivity contribution in [3.8, 4) is 0 Å². The summed E-state index contributed by atoms with van der Waals surface area (Å²) in [6, 6.07) is 13.5. The van der Waals surface area contributed by atoms with Gasteiger partial charge in [0.2, 0.25) is 0 Å². The fraction of sp³-hybridized carbons (Fsp3) is 0.0667. The van der Waals surface area contributed by atoms with Crippen LogP contribution in [0.1, 0.15) is 5.56 Å². The number of para-hydroxylation sites is 2. The summed E-state index contributed by atoms with van der Waals surface area (Å²) >= 11 is 0. The van der Waals surface area contributed by atoms with Crippen LogP contribution in [-0.2, 0) is 4.79 Å². The van der Waals surface area contributed by atoms with Crippen molar-refractivity contribution in [2.24, 2.45) is 4.99 Å². The predicted octanol–water partition coefficient (Wildman–Crippen LogP) is 2.92. The molecule has 2 aromatic rings. The maximum atomic E-state index is 13.6. The van der Waals surface area contributed by atoms with E-state index in [-0.39, 0.29) is 17.3 Å². The highest BCUT2D eigenvalue weighted by molar-refractivity contribution is 6.54. The van der Waals surface area contributed by atoms with Gasteiger partial charge in [0.15, 0.2) is 0 Å². The minimum atomic E-state index is -0.435. The first-order valence-electron chi connectivity index (χ1n) is 5.89. The fourth-order valence-corrected chi connectivity index (χ4v) is 2.12. The van der Waals surface area contributed by atoms with E-state index in [0.29, 0.717) is 0 Å². The number of rotatable bonds is 1. The number of hydrogen-bond donors (Lipinski definition) is 0. The molecule has 2 aromatic carbocycles. The lowest BCUT2D eigenvalue weighted by molar-refractivity contribution is -0.111. The van der Waals surface area contributed by atoms with Gasteiger partial charge in [0.05, 0.1) is 11.4 Å². The molecule has 0 radical (unpaired) electrons. The normalized spacial score (nSPS) is 16.0. The number of carbonyl (C=O) groups is 1. The lowest BCUT2D eigenvalue weighted by Gasteiger charge is -2.07. The zero-order valence-electron chi connectivity index (χ0n) is 10.3. The molecule has 0 saturated heterocycles. The minimum Gasteiger partial charge on any atom is -0.309 e. The van der Waals surface area contributed by atoms with Gasteiger partial charge in [-0.05, 0) is 18.2 Å². The first-order valence-corrected chi connectivity index (χ1v) is 5.89. The highest BCUT2D eigenvalue weighted by Gasteiger charge is 2.30. The molecule has 0 unspecified atom stereocenters. The monoisotopic (exact) mass is 254 g/mol. The number of amides is 1. The Hall–Kier alpha value is -2.49. The summed E-state index contributed by atoms with van der Waals surface area (Å²) in [6.45, 7) is 0. The summed E-state index contributed by atoms with van der Waals surface area (Å²) in [5, 5.41) is 0. The number of likely N-dealkylation sites (N-methyl/N-ethyl adjacent to an activating group) is 1. The van der Waals surface area contributed by atoms with Gasteiger partial charge in [-0.15, -0.1) is 0 Å². The van der Waals surface area contributed by atoms with Gasteiger partial charge in [-0.1, -0.05) is 30.3 Å². The van der Waals surface area contributed by atoms with Crippen LogP contribution < -0.4 is 4.90 Å². The standard InChI is InChI=1S/C15H11FN2O/c1-18-13-9-5-2-6-10(13)14(15(18)19)17-12-8-4-3-7-11(12)16/h2-9H,1H3. The maximum Gasteiger partial charge on any atom is 0.277 e. The lowest BCUT2D eigenvalue weighted by atomic mass is 10.1. The first kappa shape index (κ1) is 11.6. The Morgan fingerprint density at radius 2 is 1.74 bits per heavy atom. The molecule has 1 amide bonds. The summed E-state index contributed by atoms with van der Waals surface area (Å²) in [5.74, 6) is -0.653. The van der Waals surface area contributed by atoms with Crippen molar-refractivity contribution in [1.29, 1.82) is 0 Å². The van der Waals surface area contributed by atoms with Crippen molar-refractivity contribution in [3.63, 3.8) is 0 Å². The number of halogens is 1. The highest BCUT2D eigenvalue weighted by atomic mass is 19.1. The molecule has 19 heavy (non-hydrogen) atoms. The Kier molecular flexibility index (Phi) is 2.63. The van der Waals surface area contributed by atoms with E-state index in [1.54, 1.807) is 25.2 Å². The zero-order valence-corrected chi connectivity index (χ0v) is 10.3. The van der Waals surface area contributed by atoms with Crippen molar-refractivity contribution < 1.29 is 9.18 Å². The Bertz CT molecular complexity index is 694. The van der Waals surface area contributed by atoms with Gasteiger partial charge in [0.25, 0.3) is 5.91 Å². The van der Waals surface area contributed by atoms with E-state index < -0.39 is 5.82 Å². The van der Waals surface area contributed by atoms with Gasteiger partial charge < -0.3 is 4.90 Å². The number of carbonyl (C=O) groups excluding carboxylic acids is 1. The molecule has 94 valence electrons. The fourth-order valence-electron chi connectivity index (χ4n) is 2.12. The van der Waals surface area contributed by atoms with Crippen molar-refractivity contribution in [1.82, 2.24) is 0 Å². The van der Waals surface area contributed by atoms with Crippen LogP contribution in [-0.4, -0.2) is 18.7 Å². The quantitative estimate of drug-likeness (QED) is 0.770. The molecule has 1 aliphatic rings. The van der Waals surface area contributed by atoms with Gasteiger partial charge in [-0.25, -0.2) is 9.38 Å². The third-order valence-electron chi connectivity index (χ3n) is 3.11. The second-order valence-corrected chi connectivity index (χ2v) is 4.29. The smallest absolute Gasteiger partial charge is 0.277 e. The minimum absolute atomic E-state index is 0.177. The Morgan fingerprint density at radius 1 is 1.05 bits per heavy atom. The number of benzene rings is 2. The first-order chi connectivity index (χ1) is 9.18. The van der Waals surface area contributed by atoms with Gasteiger partial charge in [-0.2, -0.15) is 0 Å². The molecule has 0 aliphatic carbocycles. The van der Waals surface area contributed by atoms with E-state index in [1.807, 2.05) is 24.3 Å². The summed E-state index contributed by atoms with van der Waals surface area (Å²) < 4.78 is 13.6. The molecule has 0 N–H and O–H groups in total. The van der Waals surface area contributed by atoms with Crippen molar-refractivity contribution in [2.45, 2.75) is 0 Å². The molecule has 0 saturated carbocycles. The Balaban J connectivity index is 2.16. The molecule has 0 fully saturated rings. The van der Waals surface area contributed by atoms with E-state index in [0.717, 1.165) is 11.3 Å². The van der Waals surface area contributed by atoms with Crippen LogP contribution in [0.15, 0.2) is 53.5 Å². The number of fused-ring (bicyclic) bond motifs is 1. The highest BCUT2D eigenvalue weighted by Crippen LogP contribution is 2.29. The summed E-state index contributed by atoms with van der Waals surface area (Å²) in [6.07, 6.45) is 0. The molecular formula is C15H11FN2O. The van der Waals surface area contributed by atoms with Crippen molar-refractivity contribution in [3.05, 3.63) is 59.9 Å². The molecule has 3 nitrogen and oxygen atoms in total. The van der Waals surface area contributed by atoms with Gasteiger partial charge in [-0.3, -0.25) is 4.79 Å². The Morgan fingerprint density at radius 3 is 2.53 bits per heavy atom. The number of hydrogen-bond acceptors (Lipinski definition) is 2. The van der Waals surface area contributed by atoms with Crippen LogP contribution in [0.5, 0.6) is 0 Å². The van der Waals surface area contributed by atoms with E-state index in [4.69, 9.17) is 0 Å². The molecule has 1 aliphatic heterocycles. The number of aliphatic imine (C=N–C) groups is 1. The van der Waals surface area contributed by atoms with Crippen LogP contribution in [0.4, 0.5) is 15.8 Å². The van der Waals surface area contributed by atoms with Crippen LogP contribution in [0, 0.1) is 5.82 Å². The van der Waals surface area contributed by atoms with E-state index in [2.05, 4.69) is 4.99 Å². The third-order valence-corrected chi connectivity index (χ3v) is 3.11. The zero-order chi connectivity index (χ0) is 13.4. The third kappa shape index (κ3) is 1.81. The van der Waals surface area contributed by atoms with E-state index in [1.165, 1.54) is 11.0 Å². The largest absolute Gasteiger partial charge is 0.309 e. The maximum absolute atomic E-state index is 13.6. The summed E-state index contributed by atoms with van der Waals surface area (Å²) in [4.78, 5) is 17.9. The van der Waals surface area contributed by atoms with Gasteiger partial charge in [0, 0.05) is 12.6 Å². The van der Waals surface area contributed by atoms with Crippen molar-refractivity contribution in [2.75, 3.05) is 11.9 Å². The summed E-state index contributed by atoms with van der Waals surface area (Å²) in [7, 11) is 1.69. The van der Waals surface area contributed by atoms with Crippen LogP contribution >= 0.6 is 0 Å². The van der Waals surface area contributed by atoms with Crippen LogP contribution in [0.25, 0.3) is 0 Å². The van der Waals surface area contributed by atoms with E-state index >= 15 is 0 Å². The molecule has 3 rings (SSSR count). The lowest BCUT2D eigenvalue weighted by Crippen LogP contribution is -2.25. The molecule has 0 aromatic heterocycles. The average molecular weight is 254 g/mol. The SMILES string of the molecule is CN1C(=O)C(=Nc2ccccc2F)c2ccccc21. The van der Waals surface area contributed by atoms with Crippen molar-refractivity contribution >= 4 is 23.0 Å². The van der Waals surface area contributed by atoms with Gasteiger partial charge in [0.1, 0.15) is 11.5 Å². The Labute approximate surface area is 110 Å². The molecule has 0 spiro atoms. The topological polar surface area (TPSA) is 32.7 Å². The number of nitrogens with zero attached hydrogens (tertiary/aromatic N) is 2. The van der Waals surface area contributed by atoms with Crippen LogP contribution in [0.3, 0.4) is 0 Å². The predicted molar refractivity (Wildman–Crippen MR) is 72.4 cm³/mol. The second-order valence-electron chi connectivity index (χ2n) is 4.29. The second kappa shape index (κ2) is 4.31. The molecule has 0 atom stereocenters. The summed E-state index contributed by atoms with van der Waals surface area (Å²) in [5.41, 5.74) is 1.99. The molecule has 0 bridgehead atoms. The average Bonchev–Trinajstić information content (AvgIpc) is 2.67. The van der Waals surface area contributed by atoms with Crippen LogP contribution in [0.2, 0.25) is 0 Å². The van der Waals surface area contributed by atoms with E-state index in [9.17, 15) is 9.18 Å². The molecule has 1 heterocycles.